The number of carbonyl (C=O) groups is 3. The summed E-state index contributed by atoms with van der Waals surface area (Å²) in [6.45, 7) is 2.08. The molecule has 4 saturated heterocycles. The second-order valence-electron chi connectivity index (χ2n) is 9.59. The molecule has 8 heteroatoms. The van der Waals surface area contributed by atoms with Crippen LogP contribution in [0.5, 0.6) is 0 Å². The number of nitrogens with zero attached hydrogens (tertiary/aromatic N) is 1. The Hall–Kier alpha value is -1.51. The number of rotatable bonds is 2. The van der Waals surface area contributed by atoms with E-state index in [1.54, 1.807) is 0 Å². The molecule has 2 saturated carbocycles. The van der Waals surface area contributed by atoms with Gasteiger partial charge < -0.3 is 24.6 Å². The Morgan fingerprint density at radius 3 is 2.57 bits per heavy atom. The Labute approximate surface area is 162 Å². The Morgan fingerprint density at radius 1 is 1.11 bits per heavy atom. The van der Waals surface area contributed by atoms with Gasteiger partial charge in [-0.15, -0.1) is 0 Å². The van der Waals surface area contributed by atoms with Gasteiger partial charge in [0.1, 0.15) is 5.92 Å². The van der Waals surface area contributed by atoms with Gasteiger partial charge in [-0.3, -0.25) is 14.4 Å². The summed E-state index contributed by atoms with van der Waals surface area (Å²) < 4.78 is 11.1. The van der Waals surface area contributed by atoms with Crippen molar-refractivity contribution in [1.82, 2.24) is 4.90 Å². The first-order valence-corrected chi connectivity index (χ1v) is 10.5. The fourth-order valence-corrected chi connectivity index (χ4v) is 7.18. The molecule has 0 radical (unpaired) electrons. The molecule has 10 atom stereocenters. The molecule has 0 aromatic carbocycles. The van der Waals surface area contributed by atoms with Crippen molar-refractivity contribution in [3.8, 4) is 0 Å². The molecule has 6 rings (SSSR count). The Kier molecular flexibility index (Phi) is 3.19. The first kappa shape index (κ1) is 17.4. The van der Waals surface area contributed by atoms with Crippen molar-refractivity contribution in [3.05, 3.63) is 0 Å². The number of ketones is 1. The van der Waals surface area contributed by atoms with E-state index in [4.69, 9.17) is 9.47 Å². The van der Waals surface area contributed by atoms with Gasteiger partial charge in [0.05, 0.1) is 12.2 Å². The molecule has 4 heterocycles. The first-order valence-electron chi connectivity index (χ1n) is 10.5. The number of esters is 1. The lowest BCUT2D eigenvalue weighted by atomic mass is 9.59. The standard InChI is InChI=1S/C20H25NO7/c1-8-12(9-4-2-3-5-10(9)14-13(8)27-14)15(22)19(25)17-20(26)11(16(23)28-17)6-7-21(20)18(19)24/h8-14,17,25-26H,2-7H2,1H3/t8-,9+,10+,11+,12?,13-,14?,17+,19+,20-/m1/s1. The van der Waals surface area contributed by atoms with Crippen molar-refractivity contribution < 1.29 is 34.1 Å². The van der Waals surface area contributed by atoms with Crippen molar-refractivity contribution in [2.75, 3.05) is 6.54 Å². The highest BCUT2D eigenvalue weighted by atomic mass is 16.6. The fraction of sp³-hybridized carbons (Fsp3) is 0.850. The average molecular weight is 391 g/mol. The highest BCUT2D eigenvalue weighted by Crippen LogP contribution is 2.58. The number of hydrogen-bond donors (Lipinski definition) is 2. The minimum Gasteiger partial charge on any atom is -0.453 e. The summed E-state index contributed by atoms with van der Waals surface area (Å²) in [6, 6.07) is 0. The molecule has 2 unspecified atom stereocenters. The second-order valence-corrected chi connectivity index (χ2v) is 9.59. The Balaban J connectivity index is 1.41. The molecule has 0 aromatic heterocycles. The number of epoxide rings is 1. The van der Waals surface area contributed by atoms with E-state index in [-0.39, 0.29) is 42.9 Å². The molecule has 0 spiro atoms. The maximum absolute atomic E-state index is 13.8. The smallest absolute Gasteiger partial charge is 0.314 e. The monoisotopic (exact) mass is 391 g/mol. The van der Waals surface area contributed by atoms with E-state index in [9.17, 15) is 24.6 Å². The molecule has 0 aromatic rings. The maximum Gasteiger partial charge on any atom is 0.314 e. The SMILES string of the molecule is C[C@@H]1C(C(=O)[C@@]2(O)C(=O)N3CC[C@H]4C(=O)O[C@@H]2[C@]43O)[C@H]2CCCC[C@@H]2C2O[C@@H]21. The first-order chi connectivity index (χ1) is 13.3. The van der Waals surface area contributed by atoms with E-state index in [0.717, 1.165) is 30.6 Å². The number of hydrogen-bond acceptors (Lipinski definition) is 7. The van der Waals surface area contributed by atoms with Crippen LogP contribution in [-0.4, -0.2) is 69.0 Å². The third-order valence-corrected chi connectivity index (χ3v) is 8.52. The molecular weight excluding hydrogens is 366 g/mol. The molecular formula is C20H25NO7. The summed E-state index contributed by atoms with van der Waals surface area (Å²) in [5, 5.41) is 22.6. The topological polar surface area (TPSA) is 117 Å². The minimum absolute atomic E-state index is 0.0184. The van der Waals surface area contributed by atoms with Crippen molar-refractivity contribution >= 4 is 17.7 Å². The van der Waals surface area contributed by atoms with Crippen LogP contribution >= 0.6 is 0 Å². The van der Waals surface area contributed by atoms with Gasteiger partial charge in [0.25, 0.3) is 5.91 Å². The van der Waals surface area contributed by atoms with Crippen LogP contribution in [0.2, 0.25) is 0 Å². The third-order valence-electron chi connectivity index (χ3n) is 8.52. The van der Waals surface area contributed by atoms with Gasteiger partial charge in [0.15, 0.2) is 17.6 Å². The highest BCUT2D eigenvalue weighted by molar-refractivity contribution is 6.14. The normalized spacial score (nSPS) is 56.2. The van der Waals surface area contributed by atoms with Gasteiger partial charge in [-0.1, -0.05) is 19.8 Å². The van der Waals surface area contributed by atoms with E-state index >= 15 is 0 Å². The zero-order chi connectivity index (χ0) is 19.6. The highest BCUT2D eigenvalue weighted by Gasteiger charge is 2.81. The van der Waals surface area contributed by atoms with Crippen molar-refractivity contribution in [3.63, 3.8) is 0 Å². The van der Waals surface area contributed by atoms with Crippen LogP contribution in [0.1, 0.15) is 39.0 Å². The Bertz CT molecular complexity index is 799. The number of carbonyl (C=O) groups excluding carboxylic acids is 3. The van der Waals surface area contributed by atoms with Crippen molar-refractivity contribution in [2.24, 2.45) is 29.6 Å². The molecule has 2 aliphatic carbocycles. The van der Waals surface area contributed by atoms with Crippen molar-refractivity contribution in [2.45, 2.75) is 68.7 Å². The predicted octanol–water partition coefficient (Wildman–Crippen LogP) is -0.398. The molecule has 8 nitrogen and oxygen atoms in total. The molecule has 6 fully saturated rings. The van der Waals surface area contributed by atoms with Gasteiger partial charge in [-0.2, -0.15) is 0 Å². The number of amides is 1. The van der Waals surface area contributed by atoms with Crippen LogP contribution in [0, 0.1) is 29.6 Å². The van der Waals surface area contributed by atoms with Gasteiger partial charge in [0.2, 0.25) is 5.60 Å². The van der Waals surface area contributed by atoms with Crippen molar-refractivity contribution in [1.29, 1.82) is 0 Å². The zero-order valence-corrected chi connectivity index (χ0v) is 15.7. The fourth-order valence-electron chi connectivity index (χ4n) is 7.18. The molecule has 28 heavy (non-hydrogen) atoms. The number of Topliss-reactive ketones (excluding diaryl/α,β-unsaturated/α-hetero) is 1. The van der Waals surface area contributed by atoms with Crippen LogP contribution in [0.25, 0.3) is 0 Å². The van der Waals surface area contributed by atoms with E-state index in [1.165, 1.54) is 0 Å². The molecule has 4 aliphatic heterocycles. The largest absolute Gasteiger partial charge is 0.453 e. The summed E-state index contributed by atoms with van der Waals surface area (Å²) in [7, 11) is 0. The van der Waals surface area contributed by atoms with Crippen LogP contribution in [0.15, 0.2) is 0 Å². The maximum atomic E-state index is 13.8. The summed E-state index contributed by atoms with van der Waals surface area (Å²) >= 11 is 0. The summed E-state index contributed by atoms with van der Waals surface area (Å²) in [5.41, 5.74) is -4.43. The lowest BCUT2D eigenvalue weighted by Gasteiger charge is -2.43. The number of fused-ring (bicyclic) bond motifs is 3. The summed E-state index contributed by atoms with van der Waals surface area (Å²) in [5.74, 6) is -3.30. The van der Waals surface area contributed by atoms with Crippen LogP contribution in [0.3, 0.4) is 0 Å². The van der Waals surface area contributed by atoms with E-state index in [2.05, 4.69) is 0 Å². The molecule has 2 N–H and O–H groups in total. The predicted molar refractivity (Wildman–Crippen MR) is 91.4 cm³/mol. The molecule has 152 valence electrons. The van der Waals surface area contributed by atoms with Gasteiger partial charge in [-0.25, -0.2) is 0 Å². The Morgan fingerprint density at radius 2 is 1.82 bits per heavy atom. The van der Waals surface area contributed by atoms with Crippen LogP contribution in [-0.2, 0) is 23.9 Å². The van der Waals surface area contributed by atoms with E-state index < -0.39 is 46.9 Å². The number of aliphatic hydroxyl groups is 2. The zero-order valence-electron chi connectivity index (χ0n) is 15.7. The van der Waals surface area contributed by atoms with E-state index in [1.807, 2.05) is 6.92 Å². The molecule has 1 amide bonds. The molecule has 6 aliphatic rings. The second kappa shape index (κ2) is 5.15. The van der Waals surface area contributed by atoms with Gasteiger partial charge >= 0.3 is 5.97 Å². The molecule has 0 bridgehead atoms. The summed E-state index contributed by atoms with van der Waals surface area (Å²) in [6.07, 6.45) is 2.86. The van der Waals surface area contributed by atoms with E-state index in [0.29, 0.717) is 0 Å². The third kappa shape index (κ3) is 1.73. The van der Waals surface area contributed by atoms with Gasteiger partial charge in [-0.05, 0) is 37.0 Å². The minimum atomic E-state index is -2.51. The lowest BCUT2D eigenvalue weighted by Crippen LogP contribution is -2.60. The lowest BCUT2D eigenvalue weighted by molar-refractivity contribution is -0.174. The quantitative estimate of drug-likeness (QED) is 0.374. The summed E-state index contributed by atoms with van der Waals surface area (Å²) in [4.78, 5) is 40.2. The number of ether oxygens (including phenoxy) is 2. The van der Waals surface area contributed by atoms with Crippen LogP contribution in [0.4, 0.5) is 0 Å². The van der Waals surface area contributed by atoms with Gasteiger partial charge in [0, 0.05) is 12.5 Å². The van der Waals surface area contributed by atoms with Crippen LogP contribution < -0.4 is 0 Å². The average Bonchev–Trinajstić information content (AvgIpc) is 3.31.